The van der Waals surface area contributed by atoms with E-state index in [-0.39, 0.29) is 6.10 Å². The second kappa shape index (κ2) is 5.50. The zero-order chi connectivity index (χ0) is 13.0. The number of rotatable bonds is 4. The molecule has 2 nitrogen and oxygen atoms in total. The summed E-state index contributed by atoms with van der Waals surface area (Å²) in [4.78, 5) is 10.5. The molecule has 0 aliphatic carbocycles. The quantitative estimate of drug-likeness (QED) is 0.816. The molecule has 0 N–H and O–H groups in total. The van der Waals surface area contributed by atoms with E-state index in [0.29, 0.717) is 0 Å². The molecule has 0 aliphatic heterocycles. The summed E-state index contributed by atoms with van der Waals surface area (Å²) in [5.74, 6) is 0. The molecule has 2 aromatic rings. The van der Waals surface area contributed by atoms with Gasteiger partial charge in [0.2, 0.25) is 0 Å². The Labute approximate surface area is 107 Å². The van der Waals surface area contributed by atoms with E-state index in [1.807, 2.05) is 62.4 Å². The molecule has 0 heterocycles. The van der Waals surface area contributed by atoms with Crippen molar-refractivity contribution in [3.63, 3.8) is 0 Å². The molecule has 2 aromatic carbocycles. The number of carbonyl (C=O) groups excluding carboxylic acids is 1. The molecule has 2 heteroatoms. The molecular weight excluding hydrogens is 224 g/mol. The molecule has 0 saturated heterocycles. The summed E-state index contributed by atoms with van der Waals surface area (Å²) in [6, 6.07) is 15.9. The van der Waals surface area contributed by atoms with Crippen LogP contribution < -0.4 is 0 Å². The largest absolute Gasteiger partial charge is 0.444 e. The van der Waals surface area contributed by atoms with E-state index in [0.717, 1.165) is 11.1 Å². The lowest BCUT2D eigenvalue weighted by molar-refractivity contribution is 0.216. The smallest absolute Gasteiger partial charge is 0.418 e. The fraction of sp³-hybridized carbons (Fsp3) is 0.188. The predicted molar refractivity (Wildman–Crippen MR) is 71.0 cm³/mol. The third-order valence-electron chi connectivity index (χ3n) is 2.93. The van der Waals surface area contributed by atoms with E-state index >= 15 is 0 Å². The van der Waals surface area contributed by atoms with Crippen LogP contribution in [0.1, 0.15) is 28.4 Å². The summed E-state index contributed by atoms with van der Waals surface area (Å²) in [5.41, 5.74) is 4.26. The van der Waals surface area contributed by atoms with E-state index in [1.165, 1.54) is 11.1 Å². The van der Waals surface area contributed by atoms with Gasteiger partial charge < -0.3 is 4.74 Å². The van der Waals surface area contributed by atoms with Crippen molar-refractivity contribution in [1.82, 2.24) is 0 Å². The van der Waals surface area contributed by atoms with Gasteiger partial charge in [0.1, 0.15) is 0 Å². The molecule has 0 fully saturated rings. The standard InChI is InChI=1S/C16H15O2/c1-12-3-7-14(8-4-12)16(18-11-17)15-9-5-13(2)6-10-15/h3-10,16H,1-2H3. The first-order valence-corrected chi connectivity index (χ1v) is 5.86. The zero-order valence-corrected chi connectivity index (χ0v) is 10.5. The molecule has 91 valence electrons. The average molecular weight is 239 g/mol. The minimum Gasteiger partial charge on any atom is -0.444 e. The predicted octanol–water partition coefficient (Wildman–Crippen LogP) is 3.48. The molecule has 1 radical (unpaired) electrons. The molecule has 0 saturated carbocycles. The Kier molecular flexibility index (Phi) is 3.78. The van der Waals surface area contributed by atoms with Crippen LogP contribution in [0.2, 0.25) is 0 Å². The summed E-state index contributed by atoms with van der Waals surface area (Å²) in [6.45, 7) is 5.59. The Hall–Kier alpha value is -2.09. The van der Waals surface area contributed by atoms with Crippen molar-refractivity contribution in [3.05, 3.63) is 70.8 Å². The van der Waals surface area contributed by atoms with E-state index in [1.54, 1.807) is 6.47 Å². The topological polar surface area (TPSA) is 26.3 Å². The van der Waals surface area contributed by atoms with E-state index < -0.39 is 0 Å². The highest BCUT2D eigenvalue weighted by Gasteiger charge is 2.15. The van der Waals surface area contributed by atoms with Crippen molar-refractivity contribution in [2.45, 2.75) is 20.0 Å². The van der Waals surface area contributed by atoms with Crippen molar-refractivity contribution in [2.75, 3.05) is 0 Å². The van der Waals surface area contributed by atoms with Gasteiger partial charge in [-0.3, -0.25) is 0 Å². The fourth-order valence-corrected chi connectivity index (χ4v) is 1.86. The van der Waals surface area contributed by atoms with Crippen LogP contribution >= 0.6 is 0 Å². The van der Waals surface area contributed by atoms with Crippen molar-refractivity contribution in [2.24, 2.45) is 0 Å². The minimum atomic E-state index is -0.385. The summed E-state index contributed by atoms with van der Waals surface area (Å²) >= 11 is 0. The first-order valence-electron chi connectivity index (χ1n) is 5.86. The average Bonchev–Trinajstić information content (AvgIpc) is 2.39. The second-order valence-electron chi connectivity index (χ2n) is 4.40. The minimum absolute atomic E-state index is 0.385. The van der Waals surface area contributed by atoms with Gasteiger partial charge in [-0.25, -0.2) is 4.79 Å². The fourth-order valence-electron chi connectivity index (χ4n) is 1.86. The van der Waals surface area contributed by atoms with E-state index in [4.69, 9.17) is 4.74 Å². The summed E-state index contributed by atoms with van der Waals surface area (Å²) in [7, 11) is 0. The Morgan fingerprint density at radius 1 is 0.833 bits per heavy atom. The monoisotopic (exact) mass is 239 g/mol. The highest BCUT2D eigenvalue weighted by molar-refractivity contribution is 5.43. The second-order valence-corrected chi connectivity index (χ2v) is 4.40. The van der Waals surface area contributed by atoms with Crippen LogP contribution in [0.15, 0.2) is 48.5 Å². The maximum atomic E-state index is 10.5. The van der Waals surface area contributed by atoms with Crippen LogP contribution in [0.4, 0.5) is 0 Å². The highest BCUT2D eigenvalue weighted by Crippen LogP contribution is 2.25. The number of hydrogen-bond acceptors (Lipinski definition) is 2. The van der Waals surface area contributed by atoms with Gasteiger partial charge >= 0.3 is 6.47 Å². The Balaban J connectivity index is 2.35. The summed E-state index contributed by atoms with van der Waals surface area (Å²) < 4.78 is 5.09. The van der Waals surface area contributed by atoms with Crippen molar-refractivity contribution < 1.29 is 9.53 Å². The number of benzene rings is 2. The third kappa shape index (κ3) is 2.77. The van der Waals surface area contributed by atoms with Gasteiger partial charge in [-0.1, -0.05) is 59.7 Å². The first kappa shape index (κ1) is 12.4. The van der Waals surface area contributed by atoms with Gasteiger partial charge in [-0.05, 0) is 25.0 Å². The number of hydrogen-bond donors (Lipinski definition) is 0. The lowest BCUT2D eigenvalue weighted by Gasteiger charge is -2.15. The molecule has 0 spiro atoms. The Morgan fingerprint density at radius 2 is 1.22 bits per heavy atom. The molecule has 0 amide bonds. The first-order chi connectivity index (χ1) is 8.70. The molecule has 18 heavy (non-hydrogen) atoms. The van der Waals surface area contributed by atoms with Gasteiger partial charge in [-0.2, -0.15) is 0 Å². The Bertz CT molecular complexity index is 466. The van der Waals surface area contributed by atoms with Gasteiger partial charge in [0.15, 0.2) is 6.10 Å². The third-order valence-corrected chi connectivity index (χ3v) is 2.93. The van der Waals surface area contributed by atoms with Crippen LogP contribution in [0.5, 0.6) is 0 Å². The van der Waals surface area contributed by atoms with Crippen LogP contribution in [0.25, 0.3) is 0 Å². The van der Waals surface area contributed by atoms with Gasteiger partial charge in [0.25, 0.3) is 0 Å². The van der Waals surface area contributed by atoms with E-state index in [2.05, 4.69) is 0 Å². The molecule has 0 bridgehead atoms. The van der Waals surface area contributed by atoms with Crippen LogP contribution in [0.3, 0.4) is 0 Å². The summed E-state index contributed by atoms with van der Waals surface area (Å²) in [6.07, 6.45) is -0.385. The lowest BCUT2D eigenvalue weighted by Crippen LogP contribution is -2.05. The van der Waals surface area contributed by atoms with Gasteiger partial charge in [0.05, 0.1) is 0 Å². The molecular formula is C16H15O2. The van der Waals surface area contributed by atoms with Crippen LogP contribution in [0, 0.1) is 13.8 Å². The SMILES string of the molecule is Cc1ccc(C(O[C]=O)c2ccc(C)cc2)cc1. The molecule has 2 rings (SSSR count). The molecule has 0 aliphatic rings. The highest BCUT2D eigenvalue weighted by atomic mass is 16.5. The van der Waals surface area contributed by atoms with Crippen LogP contribution in [-0.2, 0) is 9.53 Å². The van der Waals surface area contributed by atoms with Crippen LogP contribution in [-0.4, -0.2) is 6.47 Å². The molecule has 0 aromatic heterocycles. The normalized spacial score (nSPS) is 10.4. The zero-order valence-electron chi connectivity index (χ0n) is 10.5. The van der Waals surface area contributed by atoms with Crippen molar-refractivity contribution in [3.8, 4) is 0 Å². The van der Waals surface area contributed by atoms with Gasteiger partial charge in [0, 0.05) is 0 Å². The van der Waals surface area contributed by atoms with E-state index in [9.17, 15) is 4.79 Å². The molecule has 0 unspecified atom stereocenters. The summed E-state index contributed by atoms with van der Waals surface area (Å²) in [5, 5.41) is 0. The maximum absolute atomic E-state index is 10.5. The Morgan fingerprint density at radius 3 is 1.56 bits per heavy atom. The maximum Gasteiger partial charge on any atom is 0.418 e. The number of ether oxygens (including phenoxy) is 1. The van der Waals surface area contributed by atoms with Crippen molar-refractivity contribution >= 4 is 6.47 Å². The molecule has 0 atom stereocenters. The van der Waals surface area contributed by atoms with Crippen molar-refractivity contribution in [1.29, 1.82) is 0 Å². The number of aryl methyl sites for hydroxylation is 2. The van der Waals surface area contributed by atoms with Gasteiger partial charge in [-0.15, -0.1) is 0 Å². The lowest BCUT2D eigenvalue weighted by atomic mass is 9.99.